The van der Waals surface area contributed by atoms with E-state index in [1.54, 1.807) is 0 Å². The van der Waals surface area contributed by atoms with Crippen molar-refractivity contribution in [2.24, 2.45) is 5.92 Å². The molecular formula is C14H30N2. The van der Waals surface area contributed by atoms with Crippen molar-refractivity contribution in [1.29, 1.82) is 0 Å². The molecule has 0 aromatic carbocycles. The van der Waals surface area contributed by atoms with Crippen LogP contribution in [0.25, 0.3) is 0 Å². The average molecular weight is 226 g/mol. The lowest BCUT2D eigenvalue weighted by atomic mass is 9.95. The van der Waals surface area contributed by atoms with Crippen LogP contribution >= 0.6 is 0 Å². The minimum atomic E-state index is 0.712. The molecule has 0 aromatic rings. The number of piperidine rings is 1. The highest BCUT2D eigenvalue weighted by molar-refractivity contribution is 4.69. The van der Waals surface area contributed by atoms with Crippen molar-refractivity contribution >= 4 is 0 Å². The van der Waals surface area contributed by atoms with Crippen LogP contribution in [0.15, 0.2) is 0 Å². The maximum Gasteiger partial charge on any atom is 0.00387 e. The van der Waals surface area contributed by atoms with Gasteiger partial charge in [0.1, 0.15) is 0 Å². The second-order valence-electron chi connectivity index (χ2n) is 5.35. The van der Waals surface area contributed by atoms with Gasteiger partial charge in [0.2, 0.25) is 0 Å². The van der Waals surface area contributed by atoms with Gasteiger partial charge in [0.15, 0.2) is 0 Å². The van der Waals surface area contributed by atoms with Crippen LogP contribution in [0, 0.1) is 5.92 Å². The zero-order valence-electron chi connectivity index (χ0n) is 11.2. The molecule has 1 fully saturated rings. The number of rotatable bonds is 8. The van der Waals surface area contributed by atoms with Gasteiger partial charge in [0, 0.05) is 6.04 Å². The van der Waals surface area contributed by atoms with Crippen molar-refractivity contribution < 1.29 is 0 Å². The van der Waals surface area contributed by atoms with Crippen LogP contribution in [0.5, 0.6) is 0 Å². The zero-order valence-corrected chi connectivity index (χ0v) is 11.2. The van der Waals surface area contributed by atoms with Gasteiger partial charge in [0.25, 0.3) is 0 Å². The summed E-state index contributed by atoms with van der Waals surface area (Å²) < 4.78 is 0. The highest BCUT2D eigenvalue weighted by Gasteiger charge is 2.12. The first-order chi connectivity index (χ1) is 7.83. The molecular weight excluding hydrogens is 196 g/mol. The van der Waals surface area contributed by atoms with E-state index in [1.807, 2.05) is 0 Å². The number of hydrogen-bond acceptors (Lipinski definition) is 2. The second-order valence-corrected chi connectivity index (χ2v) is 5.35. The summed E-state index contributed by atoms with van der Waals surface area (Å²) in [5.74, 6) is 0.946. The molecule has 2 atom stereocenters. The van der Waals surface area contributed by atoms with Gasteiger partial charge in [-0.3, -0.25) is 0 Å². The quantitative estimate of drug-likeness (QED) is 0.622. The summed E-state index contributed by atoms with van der Waals surface area (Å²) in [7, 11) is 0. The van der Waals surface area contributed by atoms with Crippen LogP contribution in [0.3, 0.4) is 0 Å². The predicted molar refractivity (Wildman–Crippen MR) is 71.8 cm³/mol. The molecule has 2 N–H and O–H groups in total. The van der Waals surface area contributed by atoms with Crippen LogP contribution in [-0.2, 0) is 0 Å². The first-order valence-corrected chi connectivity index (χ1v) is 7.27. The molecule has 0 aliphatic carbocycles. The van der Waals surface area contributed by atoms with E-state index in [-0.39, 0.29) is 0 Å². The van der Waals surface area contributed by atoms with Gasteiger partial charge in [-0.1, -0.05) is 19.8 Å². The normalized spacial score (nSPS) is 23.2. The highest BCUT2D eigenvalue weighted by Crippen LogP contribution is 2.15. The van der Waals surface area contributed by atoms with E-state index < -0.39 is 0 Å². The summed E-state index contributed by atoms with van der Waals surface area (Å²) in [6.07, 6.45) is 9.59. The van der Waals surface area contributed by atoms with Gasteiger partial charge >= 0.3 is 0 Å². The minimum absolute atomic E-state index is 0.712. The summed E-state index contributed by atoms with van der Waals surface area (Å²) in [6.45, 7) is 8.29. The third-order valence-corrected chi connectivity index (χ3v) is 3.67. The third-order valence-electron chi connectivity index (χ3n) is 3.67. The van der Waals surface area contributed by atoms with Crippen LogP contribution in [0.4, 0.5) is 0 Å². The Hall–Kier alpha value is -0.0800. The molecule has 0 radical (unpaired) electrons. The third kappa shape index (κ3) is 6.49. The molecule has 2 unspecified atom stereocenters. The van der Waals surface area contributed by atoms with Crippen molar-refractivity contribution in [2.45, 2.75) is 64.8 Å². The Kier molecular flexibility index (Phi) is 7.87. The summed E-state index contributed by atoms with van der Waals surface area (Å²) in [5.41, 5.74) is 0. The molecule has 1 aliphatic heterocycles. The van der Waals surface area contributed by atoms with Crippen LogP contribution in [0.1, 0.15) is 58.8 Å². The van der Waals surface area contributed by atoms with E-state index >= 15 is 0 Å². The Bertz CT molecular complexity index is 153. The minimum Gasteiger partial charge on any atom is -0.316 e. The van der Waals surface area contributed by atoms with Crippen LogP contribution < -0.4 is 10.6 Å². The summed E-state index contributed by atoms with van der Waals surface area (Å²) in [4.78, 5) is 0. The summed E-state index contributed by atoms with van der Waals surface area (Å²) >= 11 is 0. The fourth-order valence-electron chi connectivity index (χ4n) is 2.52. The maximum atomic E-state index is 3.64. The molecule has 1 rings (SSSR count). The second kappa shape index (κ2) is 9.00. The van der Waals surface area contributed by atoms with Crippen LogP contribution in [0.2, 0.25) is 0 Å². The fourth-order valence-corrected chi connectivity index (χ4v) is 2.52. The molecule has 2 heteroatoms. The SMILES string of the molecule is CCCCC(C)NCCCC1CCCNC1. The van der Waals surface area contributed by atoms with Gasteiger partial charge < -0.3 is 10.6 Å². The van der Waals surface area contributed by atoms with Crippen molar-refractivity contribution in [3.63, 3.8) is 0 Å². The molecule has 2 nitrogen and oxygen atoms in total. The molecule has 1 aliphatic rings. The van der Waals surface area contributed by atoms with Gasteiger partial charge in [-0.25, -0.2) is 0 Å². The lowest BCUT2D eigenvalue weighted by Crippen LogP contribution is -2.31. The zero-order chi connectivity index (χ0) is 11.6. The number of hydrogen-bond donors (Lipinski definition) is 2. The van der Waals surface area contributed by atoms with E-state index in [0.717, 1.165) is 5.92 Å². The molecule has 0 amide bonds. The smallest absolute Gasteiger partial charge is 0.00387 e. The lowest BCUT2D eigenvalue weighted by molar-refractivity contribution is 0.344. The van der Waals surface area contributed by atoms with Crippen molar-refractivity contribution in [3.8, 4) is 0 Å². The first-order valence-electron chi connectivity index (χ1n) is 7.27. The van der Waals surface area contributed by atoms with Gasteiger partial charge in [-0.05, 0) is 64.6 Å². The molecule has 0 spiro atoms. The molecule has 1 saturated heterocycles. The lowest BCUT2D eigenvalue weighted by Gasteiger charge is -2.23. The van der Waals surface area contributed by atoms with E-state index in [1.165, 1.54) is 64.6 Å². The number of unbranched alkanes of at least 4 members (excludes halogenated alkanes) is 1. The number of nitrogens with one attached hydrogen (secondary N) is 2. The van der Waals surface area contributed by atoms with Crippen LogP contribution in [-0.4, -0.2) is 25.7 Å². The Labute approximate surface area is 102 Å². The molecule has 0 saturated carbocycles. The Morgan fingerprint density at radius 1 is 1.38 bits per heavy atom. The largest absolute Gasteiger partial charge is 0.316 e. The van der Waals surface area contributed by atoms with Gasteiger partial charge in [0.05, 0.1) is 0 Å². The predicted octanol–water partition coefficient (Wildman–Crippen LogP) is 2.93. The van der Waals surface area contributed by atoms with E-state index in [9.17, 15) is 0 Å². The van der Waals surface area contributed by atoms with Crippen molar-refractivity contribution in [3.05, 3.63) is 0 Å². The Balaban J connectivity index is 1.90. The maximum absolute atomic E-state index is 3.64. The van der Waals surface area contributed by atoms with Crippen molar-refractivity contribution in [2.75, 3.05) is 19.6 Å². The van der Waals surface area contributed by atoms with Gasteiger partial charge in [-0.15, -0.1) is 0 Å². The standard InChI is InChI=1S/C14H30N2/c1-3-4-7-13(2)16-11-6-9-14-8-5-10-15-12-14/h13-16H,3-12H2,1-2H3. The van der Waals surface area contributed by atoms with Crippen molar-refractivity contribution in [1.82, 2.24) is 10.6 Å². The average Bonchev–Trinajstić information content (AvgIpc) is 2.33. The monoisotopic (exact) mass is 226 g/mol. The highest BCUT2D eigenvalue weighted by atomic mass is 14.9. The Morgan fingerprint density at radius 3 is 2.94 bits per heavy atom. The van der Waals surface area contributed by atoms with E-state index in [4.69, 9.17) is 0 Å². The summed E-state index contributed by atoms with van der Waals surface area (Å²) in [5, 5.41) is 7.13. The molecule has 96 valence electrons. The fraction of sp³-hybridized carbons (Fsp3) is 1.00. The molecule has 0 aromatic heterocycles. The van der Waals surface area contributed by atoms with Gasteiger partial charge in [-0.2, -0.15) is 0 Å². The molecule has 16 heavy (non-hydrogen) atoms. The molecule has 1 heterocycles. The van der Waals surface area contributed by atoms with E-state index in [2.05, 4.69) is 24.5 Å². The summed E-state index contributed by atoms with van der Waals surface area (Å²) in [6, 6.07) is 0.712. The molecule has 0 bridgehead atoms. The first kappa shape index (κ1) is 14.0. The Morgan fingerprint density at radius 2 is 2.25 bits per heavy atom. The topological polar surface area (TPSA) is 24.1 Å². The van der Waals surface area contributed by atoms with E-state index in [0.29, 0.717) is 6.04 Å².